The third-order valence-corrected chi connectivity index (χ3v) is 7.78. The summed E-state index contributed by atoms with van der Waals surface area (Å²) >= 11 is 7.43. The van der Waals surface area contributed by atoms with Gasteiger partial charge in [-0.3, -0.25) is 0 Å². The number of ether oxygens (including phenoxy) is 1. The highest BCUT2D eigenvalue weighted by Crippen LogP contribution is 2.53. The quantitative estimate of drug-likeness (QED) is 0.327. The second kappa shape index (κ2) is 7.10. The second-order valence-electron chi connectivity index (χ2n) is 8.59. The van der Waals surface area contributed by atoms with E-state index in [0.717, 1.165) is 39.7 Å². The van der Waals surface area contributed by atoms with Gasteiger partial charge in [-0.2, -0.15) is 5.10 Å². The van der Waals surface area contributed by atoms with E-state index in [4.69, 9.17) is 9.84 Å². The Hall–Kier alpha value is -1.85. The standard InChI is InChI=1S/C25H22Br2N2O/c26-19-13-20-23-15-22(18-9-8-16-6-2-3-7-17(16)12-18)28-29(23)25(10-4-1-5-11-25)30-24(20)21(27)14-19/h2-3,6-9,12-14,23H,1,4-5,10-11,15H2/t23-/m1/s1. The van der Waals surface area contributed by atoms with Crippen LogP contribution in [0.4, 0.5) is 0 Å². The summed E-state index contributed by atoms with van der Waals surface area (Å²) in [6.07, 6.45) is 6.61. The van der Waals surface area contributed by atoms with Gasteiger partial charge >= 0.3 is 0 Å². The topological polar surface area (TPSA) is 24.8 Å². The summed E-state index contributed by atoms with van der Waals surface area (Å²) in [5.74, 6) is 0.997. The molecule has 2 heterocycles. The summed E-state index contributed by atoms with van der Waals surface area (Å²) in [5, 5.41) is 10.0. The minimum absolute atomic E-state index is 0.210. The van der Waals surface area contributed by atoms with Crippen LogP contribution < -0.4 is 4.74 Å². The largest absolute Gasteiger partial charge is 0.465 e. The summed E-state index contributed by atoms with van der Waals surface area (Å²) in [7, 11) is 0. The van der Waals surface area contributed by atoms with Crippen LogP contribution in [-0.4, -0.2) is 16.4 Å². The summed E-state index contributed by atoms with van der Waals surface area (Å²) in [6.45, 7) is 0. The molecule has 0 N–H and O–H groups in total. The third kappa shape index (κ3) is 2.93. The van der Waals surface area contributed by atoms with Crippen molar-refractivity contribution in [3.8, 4) is 5.75 Å². The van der Waals surface area contributed by atoms with Gasteiger partial charge in [0.2, 0.25) is 0 Å². The van der Waals surface area contributed by atoms with E-state index in [9.17, 15) is 0 Å². The Balaban J connectivity index is 1.47. The van der Waals surface area contributed by atoms with Crippen LogP contribution in [0.2, 0.25) is 0 Å². The first-order chi connectivity index (χ1) is 14.6. The Bertz CT molecular complexity index is 1180. The van der Waals surface area contributed by atoms with Crippen LogP contribution in [0.5, 0.6) is 5.75 Å². The zero-order valence-electron chi connectivity index (χ0n) is 16.6. The van der Waals surface area contributed by atoms with Crippen molar-refractivity contribution in [3.05, 3.63) is 74.7 Å². The lowest BCUT2D eigenvalue weighted by molar-refractivity contribution is -0.140. The van der Waals surface area contributed by atoms with Crippen molar-refractivity contribution in [1.82, 2.24) is 5.01 Å². The van der Waals surface area contributed by atoms with E-state index in [1.807, 2.05) is 0 Å². The van der Waals surface area contributed by atoms with Crippen molar-refractivity contribution in [2.45, 2.75) is 50.3 Å². The van der Waals surface area contributed by atoms with Crippen molar-refractivity contribution in [2.75, 3.05) is 0 Å². The number of nitrogens with zero attached hydrogens (tertiary/aromatic N) is 2. The van der Waals surface area contributed by atoms with E-state index in [1.54, 1.807) is 0 Å². The molecule has 1 fully saturated rings. The van der Waals surface area contributed by atoms with Crippen LogP contribution in [0.1, 0.15) is 55.7 Å². The molecule has 1 atom stereocenters. The van der Waals surface area contributed by atoms with Gasteiger partial charge in [0, 0.05) is 29.3 Å². The summed E-state index contributed by atoms with van der Waals surface area (Å²) < 4.78 is 8.85. The second-order valence-corrected chi connectivity index (χ2v) is 10.4. The number of hydrogen-bond acceptors (Lipinski definition) is 3. The predicted molar refractivity (Wildman–Crippen MR) is 128 cm³/mol. The first kappa shape index (κ1) is 18.9. The number of hydrogen-bond donors (Lipinski definition) is 0. The molecule has 0 amide bonds. The summed E-state index contributed by atoms with van der Waals surface area (Å²) in [4.78, 5) is 0. The Kier molecular flexibility index (Phi) is 4.47. The Labute approximate surface area is 193 Å². The first-order valence-corrected chi connectivity index (χ1v) is 12.3. The van der Waals surface area contributed by atoms with E-state index < -0.39 is 0 Å². The highest BCUT2D eigenvalue weighted by atomic mass is 79.9. The Morgan fingerprint density at radius 3 is 2.57 bits per heavy atom. The highest BCUT2D eigenvalue weighted by molar-refractivity contribution is 9.11. The van der Waals surface area contributed by atoms with Crippen molar-refractivity contribution in [2.24, 2.45) is 5.10 Å². The van der Waals surface area contributed by atoms with Crippen LogP contribution in [0.15, 0.2) is 68.6 Å². The van der Waals surface area contributed by atoms with Crippen molar-refractivity contribution in [3.63, 3.8) is 0 Å². The van der Waals surface area contributed by atoms with Crippen molar-refractivity contribution < 1.29 is 4.74 Å². The number of hydrazone groups is 1. The molecule has 0 radical (unpaired) electrons. The summed E-state index contributed by atoms with van der Waals surface area (Å²) in [5.41, 5.74) is 3.25. The maximum absolute atomic E-state index is 6.77. The average molecular weight is 526 g/mol. The van der Waals surface area contributed by atoms with E-state index in [-0.39, 0.29) is 11.8 Å². The molecular formula is C25H22Br2N2O. The van der Waals surface area contributed by atoms with E-state index in [2.05, 4.69) is 91.5 Å². The maximum Gasteiger partial charge on any atom is 0.198 e. The van der Waals surface area contributed by atoms with Gasteiger partial charge in [-0.1, -0.05) is 58.7 Å². The lowest BCUT2D eigenvalue weighted by atomic mass is 9.86. The molecule has 0 unspecified atom stereocenters. The van der Waals surface area contributed by atoms with Crippen LogP contribution >= 0.6 is 31.9 Å². The predicted octanol–water partition coefficient (Wildman–Crippen LogP) is 7.57. The molecule has 30 heavy (non-hydrogen) atoms. The molecule has 3 nitrogen and oxygen atoms in total. The number of fused-ring (bicyclic) bond motifs is 5. The molecule has 0 saturated heterocycles. The van der Waals surface area contributed by atoms with E-state index in [1.165, 1.54) is 41.2 Å². The molecule has 3 aliphatic rings. The van der Waals surface area contributed by atoms with Gasteiger partial charge in [-0.25, -0.2) is 5.01 Å². The zero-order chi connectivity index (χ0) is 20.3. The fraction of sp³-hybridized carbons (Fsp3) is 0.320. The fourth-order valence-electron chi connectivity index (χ4n) is 5.28. The van der Waals surface area contributed by atoms with Crippen LogP contribution in [-0.2, 0) is 0 Å². The molecule has 1 saturated carbocycles. The maximum atomic E-state index is 6.77. The average Bonchev–Trinajstić information content (AvgIpc) is 3.22. The smallest absolute Gasteiger partial charge is 0.198 e. The number of halogens is 2. The van der Waals surface area contributed by atoms with Crippen LogP contribution in [0, 0.1) is 0 Å². The molecule has 1 aliphatic carbocycles. The minimum atomic E-state index is -0.329. The molecule has 5 heteroatoms. The molecule has 2 aliphatic heterocycles. The van der Waals surface area contributed by atoms with Gasteiger partial charge in [0.25, 0.3) is 0 Å². The van der Waals surface area contributed by atoms with Gasteiger partial charge in [0.1, 0.15) is 5.75 Å². The van der Waals surface area contributed by atoms with Crippen molar-refractivity contribution in [1.29, 1.82) is 0 Å². The molecule has 0 bridgehead atoms. The lowest BCUT2D eigenvalue weighted by Gasteiger charge is -2.49. The van der Waals surface area contributed by atoms with Gasteiger partial charge < -0.3 is 4.74 Å². The van der Waals surface area contributed by atoms with Crippen LogP contribution in [0.25, 0.3) is 10.8 Å². The number of rotatable bonds is 1. The Morgan fingerprint density at radius 2 is 1.73 bits per heavy atom. The zero-order valence-corrected chi connectivity index (χ0v) is 19.7. The lowest BCUT2D eigenvalue weighted by Crippen LogP contribution is -2.54. The monoisotopic (exact) mass is 524 g/mol. The van der Waals surface area contributed by atoms with Crippen LogP contribution in [0.3, 0.4) is 0 Å². The third-order valence-electron chi connectivity index (χ3n) is 6.73. The molecule has 1 spiro atoms. The normalized spacial score (nSPS) is 21.9. The molecule has 3 aromatic rings. The van der Waals surface area contributed by atoms with Gasteiger partial charge in [0.15, 0.2) is 5.72 Å². The minimum Gasteiger partial charge on any atom is -0.465 e. The molecular weight excluding hydrogens is 504 g/mol. The Morgan fingerprint density at radius 1 is 0.933 bits per heavy atom. The SMILES string of the molecule is Brc1cc(Br)c2c(c1)[C@H]1CC(c3ccc4ccccc4c3)=NN1C1(CCCCC1)O2. The highest BCUT2D eigenvalue weighted by Gasteiger charge is 2.51. The van der Waals surface area contributed by atoms with Gasteiger partial charge in [-0.05, 0) is 63.3 Å². The first-order valence-electron chi connectivity index (χ1n) is 10.7. The van der Waals surface area contributed by atoms with E-state index >= 15 is 0 Å². The number of benzene rings is 3. The molecule has 0 aromatic heterocycles. The van der Waals surface area contributed by atoms with Gasteiger partial charge in [-0.15, -0.1) is 0 Å². The van der Waals surface area contributed by atoms with E-state index in [0.29, 0.717) is 0 Å². The fourth-order valence-corrected chi connectivity index (χ4v) is 6.62. The van der Waals surface area contributed by atoms with Gasteiger partial charge in [0.05, 0.1) is 16.2 Å². The van der Waals surface area contributed by atoms with Crippen molar-refractivity contribution >= 4 is 48.3 Å². The summed E-state index contributed by atoms with van der Waals surface area (Å²) in [6, 6.07) is 19.7. The molecule has 3 aromatic carbocycles. The molecule has 152 valence electrons. The molecule has 6 rings (SSSR count).